The summed E-state index contributed by atoms with van der Waals surface area (Å²) < 4.78 is 1.10. The molecule has 24 heavy (non-hydrogen) atoms. The second kappa shape index (κ2) is 6.28. The fourth-order valence-corrected chi connectivity index (χ4v) is 6.31. The van der Waals surface area contributed by atoms with Crippen LogP contribution < -0.4 is 16.0 Å². The molecular formula is C17H24N4OS2. The molecule has 0 aliphatic heterocycles. The Labute approximate surface area is 150 Å². The van der Waals surface area contributed by atoms with E-state index in [9.17, 15) is 4.79 Å². The van der Waals surface area contributed by atoms with Crippen molar-refractivity contribution in [1.82, 2.24) is 10.3 Å². The summed E-state index contributed by atoms with van der Waals surface area (Å²) in [4.78, 5) is 21.1. The van der Waals surface area contributed by atoms with Crippen LogP contribution in [0.3, 0.4) is 0 Å². The molecule has 5 nitrogen and oxygen atoms in total. The lowest BCUT2D eigenvalue weighted by Gasteiger charge is -2.45. The molecule has 2 bridgehead atoms. The maximum atomic E-state index is 12.7. The normalized spacial score (nSPS) is 29.6. The summed E-state index contributed by atoms with van der Waals surface area (Å²) in [5, 5.41) is 4.31. The van der Waals surface area contributed by atoms with Crippen molar-refractivity contribution >= 4 is 43.2 Å². The van der Waals surface area contributed by atoms with Gasteiger partial charge in [-0.1, -0.05) is 17.8 Å². The molecular weight excluding hydrogens is 340 g/mol. The largest absolute Gasteiger partial charge is 0.354 e. The predicted molar refractivity (Wildman–Crippen MR) is 101 cm³/mol. The number of hydrogen-bond acceptors (Lipinski definition) is 6. The second-order valence-electron chi connectivity index (χ2n) is 7.35. The Morgan fingerprint density at radius 1 is 1.29 bits per heavy atom. The van der Waals surface area contributed by atoms with Crippen molar-refractivity contribution in [3.05, 3.63) is 10.9 Å². The summed E-state index contributed by atoms with van der Waals surface area (Å²) in [5.41, 5.74) is 6.18. The van der Waals surface area contributed by atoms with E-state index in [1.165, 1.54) is 30.6 Å². The fourth-order valence-electron chi connectivity index (χ4n) is 4.27. The van der Waals surface area contributed by atoms with E-state index in [0.717, 1.165) is 32.4 Å². The average Bonchev–Trinajstić information content (AvgIpc) is 3.06. The quantitative estimate of drug-likeness (QED) is 0.878. The van der Waals surface area contributed by atoms with Crippen molar-refractivity contribution in [2.75, 3.05) is 19.0 Å². The van der Waals surface area contributed by atoms with Gasteiger partial charge in [0.2, 0.25) is 0 Å². The molecule has 1 amide bonds. The van der Waals surface area contributed by atoms with Crippen LogP contribution in [-0.2, 0) is 0 Å². The Bertz CT molecular complexity index is 707. The van der Waals surface area contributed by atoms with Gasteiger partial charge in [0.1, 0.15) is 4.83 Å². The van der Waals surface area contributed by atoms with Gasteiger partial charge in [-0.15, -0.1) is 11.3 Å². The Balaban J connectivity index is 1.50. The number of fused-ring (bicyclic) bond motifs is 3. The maximum Gasteiger partial charge on any atom is 0.261 e. The highest BCUT2D eigenvalue weighted by Crippen LogP contribution is 2.40. The SMILES string of the molecule is CN(C)c1nc2sc(C(=O)NC3C4CCCC3CC(N)C4)cc2s1. The number of carbonyl (C=O) groups excluding carboxylic acids is 1. The lowest BCUT2D eigenvalue weighted by Crippen LogP contribution is -2.53. The topological polar surface area (TPSA) is 71.2 Å². The molecule has 2 heterocycles. The molecule has 2 aromatic rings. The van der Waals surface area contributed by atoms with Crippen molar-refractivity contribution in [2.24, 2.45) is 17.6 Å². The van der Waals surface area contributed by atoms with Crippen LogP contribution in [0.4, 0.5) is 5.13 Å². The number of amides is 1. The number of hydrogen-bond donors (Lipinski definition) is 2. The van der Waals surface area contributed by atoms with E-state index in [4.69, 9.17) is 5.73 Å². The molecule has 0 radical (unpaired) electrons. The van der Waals surface area contributed by atoms with Gasteiger partial charge in [0.15, 0.2) is 5.13 Å². The monoisotopic (exact) mass is 364 g/mol. The summed E-state index contributed by atoms with van der Waals surface area (Å²) in [6.07, 6.45) is 5.77. The number of nitrogens with two attached hydrogens (primary N) is 1. The van der Waals surface area contributed by atoms with Gasteiger partial charge < -0.3 is 16.0 Å². The van der Waals surface area contributed by atoms with Crippen LogP contribution in [-0.4, -0.2) is 37.1 Å². The minimum Gasteiger partial charge on any atom is -0.354 e. The van der Waals surface area contributed by atoms with Gasteiger partial charge >= 0.3 is 0 Å². The van der Waals surface area contributed by atoms with Crippen molar-refractivity contribution in [1.29, 1.82) is 0 Å². The smallest absolute Gasteiger partial charge is 0.261 e. The summed E-state index contributed by atoms with van der Waals surface area (Å²) >= 11 is 3.13. The Morgan fingerprint density at radius 3 is 2.62 bits per heavy atom. The standard InChI is InChI=1S/C17H24N4OS2/c1-21(2)17-20-16-13(24-17)8-12(23-16)15(22)19-14-9-4-3-5-10(14)7-11(18)6-9/h8-11,14H,3-7,18H2,1-2H3,(H,19,22). The third-order valence-corrected chi connectivity index (χ3v) is 7.69. The average molecular weight is 365 g/mol. The molecule has 0 saturated heterocycles. The first-order chi connectivity index (χ1) is 11.5. The van der Waals surface area contributed by atoms with Gasteiger partial charge in [-0.25, -0.2) is 4.98 Å². The third kappa shape index (κ3) is 2.93. The molecule has 2 aliphatic carbocycles. The number of carbonyl (C=O) groups is 1. The first kappa shape index (κ1) is 16.3. The predicted octanol–water partition coefficient (Wildman–Crippen LogP) is 3.06. The third-order valence-electron chi connectivity index (χ3n) is 5.36. The summed E-state index contributed by atoms with van der Waals surface area (Å²) in [7, 11) is 3.98. The molecule has 2 fully saturated rings. The second-order valence-corrected chi connectivity index (χ2v) is 9.39. The Morgan fingerprint density at radius 2 is 2.00 bits per heavy atom. The maximum absolute atomic E-state index is 12.7. The van der Waals surface area contributed by atoms with Crippen LogP contribution in [0.5, 0.6) is 0 Å². The lowest BCUT2D eigenvalue weighted by atomic mass is 9.67. The van der Waals surface area contributed by atoms with Gasteiger partial charge in [-0.05, 0) is 43.6 Å². The van der Waals surface area contributed by atoms with Crippen LogP contribution in [0, 0.1) is 11.8 Å². The Kier molecular flexibility index (Phi) is 4.26. The number of aromatic nitrogens is 1. The van der Waals surface area contributed by atoms with Crippen LogP contribution in [0.15, 0.2) is 6.07 Å². The molecule has 130 valence electrons. The van der Waals surface area contributed by atoms with E-state index in [-0.39, 0.29) is 5.91 Å². The first-order valence-electron chi connectivity index (χ1n) is 8.65. The number of thiophene rings is 1. The van der Waals surface area contributed by atoms with E-state index in [0.29, 0.717) is 23.9 Å². The number of rotatable bonds is 3. The van der Waals surface area contributed by atoms with E-state index in [1.807, 2.05) is 25.1 Å². The van der Waals surface area contributed by atoms with Crippen molar-refractivity contribution in [3.8, 4) is 0 Å². The number of nitrogens with zero attached hydrogens (tertiary/aromatic N) is 2. The fraction of sp³-hybridized carbons (Fsp3) is 0.647. The molecule has 0 spiro atoms. The molecule has 2 aromatic heterocycles. The van der Waals surface area contributed by atoms with Crippen molar-refractivity contribution in [3.63, 3.8) is 0 Å². The minimum absolute atomic E-state index is 0.0639. The van der Waals surface area contributed by atoms with Crippen molar-refractivity contribution < 1.29 is 4.79 Å². The van der Waals surface area contributed by atoms with E-state index in [2.05, 4.69) is 10.3 Å². The van der Waals surface area contributed by atoms with Crippen LogP contribution in [0.1, 0.15) is 41.8 Å². The summed E-state index contributed by atoms with van der Waals surface area (Å²) in [6.45, 7) is 0. The zero-order valence-electron chi connectivity index (χ0n) is 14.1. The number of nitrogens with one attached hydrogen (secondary N) is 1. The highest BCUT2D eigenvalue weighted by Gasteiger charge is 2.40. The van der Waals surface area contributed by atoms with E-state index >= 15 is 0 Å². The minimum atomic E-state index is 0.0639. The van der Waals surface area contributed by atoms with Crippen molar-refractivity contribution in [2.45, 2.75) is 44.2 Å². The van der Waals surface area contributed by atoms with Crippen LogP contribution in [0.2, 0.25) is 0 Å². The molecule has 2 saturated carbocycles. The van der Waals surface area contributed by atoms with E-state index < -0.39 is 0 Å². The van der Waals surface area contributed by atoms with Gasteiger partial charge in [-0.3, -0.25) is 4.79 Å². The van der Waals surface area contributed by atoms with Gasteiger partial charge in [0, 0.05) is 26.2 Å². The first-order valence-corrected chi connectivity index (χ1v) is 10.3. The van der Waals surface area contributed by atoms with Gasteiger partial charge in [-0.2, -0.15) is 0 Å². The van der Waals surface area contributed by atoms with Gasteiger partial charge in [0.05, 0.1) is 9.58 Å². The summed E-state index contributed by atoms with van der Waals surface area (Å²) in [6, 6.07) is 2.61. The van der Waals surface area contributed by atoms with Crippen LogP contribution in [0.25, 0.3) is 9.53 Å². The molecule has 7 heteroatoms. The molecule has 3 N–H and O–H groups in total. The highest BCUT2D eigenvalue weighted by molar-refractivity contribution is 7.29. The molecule has 2 unspecified atom stereocenters. The highest BCUT2D eigenvalue weighted by atomic mass is 32.1. The number of anilines is 1. The summed E-state index contributed by atoms with van der Waals surface area (Å²) in [5.74, 6) is 1.17. The molecule has 0 aromatic carbocycles. The van der Waals surface area contributed by atoms with Gasteiger partial charge in [0.25, 0.3) is 5.91 Å². The zero-order valence-corrected chi connectivity index (χ0v) is 15.8. The molecule has 2 atom stereocenters. The Hall–Kier alpha value is -1.18. The van der Waals surface area contributed by atoms with Crippen LogP contribution >= 0.6 is 22.7 Å². The molecule has 2 aliphatic rings. The zero-order chi connectivity index (χ0) is 16.8. The molecule has 4 rings (SSSR count). The van der Waals surface area contributed by atoms with E-state index in [1.54, 1.807) is 11.3 Å². The number of thiazole rings is 1. The lowest BCUT2D eigenvalue weighted by molar-refractivity contribution is 0.0759.